The summed E-state index contributed by atoms with van der Waals surface area (Å²) in [5.41, 5.74) is -0.607. The van der Waals surface area contributed by atoms with Crippen molar-refractivity contribution >= 4 is 17.8 Å². The molecule has 0 aromatic carbocycles. The van der Waals surface area contributed by atoms with Gasteiger partial charge < -0.3 is 9.47 Å². The molecule has 0 radical (unpaired) electrons. The molecular formula is C18H35ClO3. The second-order valence-corrected chi connectivity index (χ2v) is 6.78. The number of halogens is 1. The van der Waals surface area contributed by atoms with Crippen LogP contribution in [0.1, 0.15) is 91.4 Å². The van der Waals surface area contributed by atoms with Gasteiger partial charge in [-0.15, -0.1) is 0 Å². The van der Waals surface area contributed by atoms with Gasteiger partial charge >= 0.3 is 6.16 Å². The van der Waals surface area contributed by atoms with Crippen LogP contribution in [0.4, 0.5) is 4.79 Å². The molecule has 0 saturated heterocycles. The number of rotatable bonds is 14. The van der Waals surface area contributed by atoms with E-state index in [-0.39, 0.29) is 5.92 Å². The second kappa shape index (κ2) is 15.5. The molecule has 3 nitrogen and oxygen atoms in total. The molecule has 1 atom stereocenters. The third-order valence-electron chi connectivity index (χ3n) is 3.70. The number of hydrogen-bond donors (Lipinski definition) is 0. The molecule has 0 aromatic rings. The normalized spacial score (nSPS) is 12.4. The first kappa shape index (κ1) is 21.6. The average Bonchev–Trinajstić information content (AvgIpc) is 2.48. The van der Waals surface area contributed by atoms with Crippen molar-refractivity contribution < 1.29 is 14.3 Å². The van der Waals surface area contributed by atoms with Crippen LogP contribution in [0.3, 0.4) is 0 Å². The molecule has 0 aliphatic carbocycles. The number of ether oxygens (including phenoxy) is 2. The molecule has 0 N–H and O–H groups in total. The van der Waals surface area contributed by atoms with Crippen LogP contribution in [0.25, 0.3) is 0 Å². The highest BCUT2D eigenvalue weighted by Gasteiger charge is 2.15. The third kappa shape index (κ3) is 14.5. The fourth-order valence-corrected chi connectivity index (χ4v) is 2.26. The van der Waals surface area contributed by atoms with E-state index in [9.17, 15) is 4.79 Å². The largest absolute Gasteiger partial charge is 0.509 e. The van der Waals surface area contributed by atoms with Crippen LogP contribution < -0.4 is 0 Å². The molecule has 0 heterocycles. The Morgan fingerprint density at radius 2 is 1.32 bits per heavy atom. The van der Waals surface area contributed by atoms with Crippen molar-refractivity contribution in [1.29, 1.82) is 0 Å². The average molecular weight is 335 g/mol. The molecule has 132 valence electrons. The van der Waals surface area contributed by atoms with Gasteiger partial charge in [0.25, 0.3) is 0 Å². The van der Waals surface area contributed by atoms with Gasteiger partial charge in [0, 0.05) is 5.92 Å². The number of unbranched alkanes of at least 4 members (excludes halogenated alkanes) is 10. The zero-order chi connectivity index (χ0) is 16.6. The minimum absolute atomic E-state index is 0.0937. The summed E-state index contributed by atoms with van der Waals surface area (Å²) in [6.45, 7) is 6.48. The maximum absolute atomic E-state index is 11.3. The Balaban J connectivity index is 3.21. The lowest BCUT2D eigenvalue weighted by Crippen LogP contribution is -2.19. The van der Waals surface area contributed by atoms with E-state index in [2.05, 4.69) is 6.92 Å². The predicted octanol–water partition coefficient (Wildman–Crippen LogP) is 6.67. The molecule has 0 spiro atoms. The van der Waals surface area contributed by atoms with Crippen LogP contribution in [0, 0.1) is 5.92 Å². The fraction of sp³-hybridized carbons (Fsp3) is 0.944. The molecule has 0 bridgehead atoms. The van der Waals surface area contributed by atoms with Crippen molar-refractivity contribution in [1.82, 2.24) is 0 Å². The van der Waals surface area contributed by atoms with Gasteiger partial charge in [0.1, 0.15) is 0 Å². The van der Waals surface area contributed by atoms with E-state index in [4.69, 9.17) is 21.1 Å². The lowest BCUT2D eigenvalue weighted by molar-refractivity contribution is 0.0340. The molecule has 0 rings (SSSR count). The van der Waals surface area contributed by atoms with Crippen LogP contribution in [-0.2, 0) is 9.47 Å². The van der Waals surface area contributed by atoms with Gasteiger partial charge in [-0.3, -0.25) is 0 Å². The van der Waals surface area contributed by atoms with Crippen LogP contribution in [0.2, 0.25) is 0 Å². The molecule has 0 aliphatic heterocycles. The molecule has 0 aliphatic rings. The smallest absolute Gasteiger partial charge is 0.434 e. The van der Waals surface area contributed by atoms with E-state index in [0.717, 1.165) is 12.8 Å². The van der Waals surface area contributed by atoms with Crippen molar-refractivity contribution in [3.63, 3.8) is 0 Å². The van der Waals surface area contributed by atoms with Crippen LogP contribution in [0.15, 0.2) is 0 Å². The van der Waals surface area contributed by atoms with Crippen LogP contribution in [0.5, 0.6) is 0 Å². The molecule has 4 heteroatoms. The Labute approximate surface area is 142 Å². The first-order valence-electron chi connectivity index (χ1n) is 9.05. The summed E-state index contributed by atoms with van der Waals surface area (Å²) in [5, 5.41) is 0. The lowest BCUT2D eigenvalue weighted by atomic mass is 10.1. The highest BCUT2D eigenvalue weighted by Crippen LogP contribution is 2.13. The first-order chi connectivity index (χ1) is 10.6. The number of carbonyl (C=O) groups is 1. The monoisotopic (exact) mass is 334 g/mol. The SMILES string of the molecule is CCCCCCCCCCCCCOC(=O)OC(Cl)C(C)C. The quantitative estimate of drug-likeness (QED) is 0.202. The number of alkyl halides is 1. The topological polar surface area (TPSA) is 35.5 Å². The maximum atomic E-state index is 11.3. The molecule has 0 fully saturated rings. The van der Waals surface area contributed by atoms with E-state index < -0.39 is 11.7 Å². The van der Waals surface area contributed by atoms with Gasteiger partial charge in [-0.1, -0.05) is 96.6 Å². The summed E-state index contributed by atoms with van der Waals surface area (Å²) in [6, 6.07) is 0. The molecular weight excluding hydrogens is 300 g/mol. The molecule has 0 saturated carbocycles. The first-order valence-corrected chi connectivity index (χ1v) is 9.49. The highest BCUT2D eigenvalue weighted by atomic mass is 35.5. The Kier molecular flexibility index (Phi) is 15.1. The summed E-state index contributed by atoms with van der Waals surface area (Å²) < 4.78 is 9.92. The van der Waals surface area contributed by atoms with E-state index >= 15 is 0 Å². The molecule has 0 amide bonds. The zero-order valence-electron chi connectivity index (χ0n) is 14.7. The van der Waals surface area contributed by atoms with E-state index in [1.807, 2.05) is 13.8 Å². The lowest BCUT2D eigenvalue weighted by Gasteiger charge is -2.13. The van der Waals surface area contributed by atoms with Gasteiger partial charge in [-0.25, -0.2) is 4.79 Å². The van der Waals surface area contributed by atoms with Crippen molar-refractivity contribution in [3.8, 4) is 0 Å². The van der Waals surface area contributed by atoms with E-state index in [1.165, 1.54) is 57.8 Å². The minimum Gasteiger partial charge on any atom is -0.434 e. The van der Waals surface area contributed by atoms with Crippen molar-refractivity contribution in [2.75, 3.05) is 6.61 Å². The summed E-state index contributed by atoms with van der Waals surface area (Å²) >= 11 is 5.84. The van der Waals surface area contributed by atoms with Crippen molar-refractivity contribution in [3.05, 3.63) is 0 Å². The Morgan fingerprint density at radius 1 is 0.864 bits per heavy atom. The standard InChI is InChI=1S/C18H35ClO3/c1-4-5-6-7-8-9-10-11-12-13-14-15-21-18(20)22-17(19)16(2)3/h16-17H,4-15H2,1-3H3. The fourth-order valence-electron chi connectivity index (χ4n) is 2.18. The van der Waals surface area contributed by atoms with Gasteiger partial charge in [-0.05, 0) is 6.42 Å². The van der Waals surface area contributed by atoms with Gasteiger partial charge in [-0.2, -0.15) is 0 Å². The van der Waals surface area contributed by atoms with Crippen LogP contribution in [-0.4, -0.2) is 18.3 Å². The van der Waals surface area contributed by atoms with Crippen LogP contribution >= 0.6 is 11.6 Å². The van der Waals surface area contributed by atoms with Crippen molar-refractivity contribution in [2.24, 2.45) is 5.92 Å². The molecule has 1 unspecified atom stereocenters. The summed E-state index contributed by atoms with van der Waals surface area (Å²) in [4.78, 5) is 11.3. The Morgan fingerprint density at radius 3 is 1.77 bits per heavy atom. The van der Waals surface area contributed by atoms with Gasteiger partial charge in [0.15, 0.2) is 5.56 Å². The van der Waals surface area contributed by atoms with E-state index in [0.29, 0.717) is 6.61 Å². The van der Waals surface area contributed by atoms with Gasteiger partial charge in [0.05, 0.1) is 6.61 Å². The Hall–Kier alpha value is -0.440. The second-order valence-electron chi connectivity index (χ2n) is 6.35. The van der Waals surface area contributed by atoms with E-state index in [1.54, 1.807) is 0 Å². The summed E-state index contributed by atoms with van der Waals surface area (Å²) in [7, 11) is 0. The van der Waals surface area contributed by atoms with Gasteiger partial charge in [0.2, 0.25) is 0 Å². The summed E-state index contributed by atoms with van der Waals surface area (Å²) in [5.74, 6) is 0.0937. The number of carbonyl (C=O) groups excluding carboxylic acids is 1. The predicted molar refractivity (Wildman–Crippen MR) is 93.4 cm³/mol. The zero-order valence-corrected chi connectivity index (χ0v) is 15.5. The van der Waals surface area contributed by atoms with Crippen molar-refractivity contribution in [2.45, 2.75) is 97.0 Å². The maximum Gasteiger partial charge on any atom is 0.509 e. The third-order valence-corrected chi connectivity index (χ3v) is 4.29. The molecule has 22 heavy (non-hydrogen) atoms. The Bertz CT molecular complexity index is 257. The minimum atomic E-state index is -0.652. The molecule has 0 aromatic heterocycles. The number of hydrogen-bond acceptors (Lipinski definition) is 3. The summed E-state index contributed by atoms with van der Waals surface area (Å²) in [6.07, 6.45) is 13.4. The highest BCUT2D eigenvalue weighted by molar-refractivity contribution is 6.20.